The minimum atomic E-state index is -4.55. The molecule has 0 radical (unpaired) electrons. The van der Waals surface area contributed by atoms with Gasteiger partial charge in [0.2, 0.25) is 12.7 Å². The summed E-state index contributed by atoms with van der Waals surface area (Å²) in [5.41, 5.74) is 0.109. The molecule has 0 bridgehead atoms. The zero-order chi connectivity index (χ0) is 24.8. The van der Waals surface area contributed by atoms with Crippen molar-refractivity contribution in [3.05, 3.63) is 29.3 Å². The summed E-state index contributed by atoms with van der Waals surface area (Å²) in [6.07, 6.45) is -13.7. The third-order valence-electron chi connectivity index (χ3n) is 4.34. The monoisotopic (exact) mass is 485 g/mol. The Morgan fingerprint density at radius 3 is 2.33 bits per heavy atom. The minimum Gasteiger partial charge on any atom is -0.534 e. The van der Waals surface area contributed by atoms with Crippen molar-refractivity contribution in [3.8, 4) is 5.75 Å². The van der Waals surface area contributed by atoms with E-state index in [1.165, 1.54) is 18.2 Å². The molecule has 1 heterocycles. The number of para-hydroxylation sites is 1. The Labute approximate surface area is 183 Å². The molecule has 0 spiro atoms. The molecule has 1 aromatic rings. The lowest BCUT2D eigenvalue weighted by Gasteiger charge is -2.29. The third kappa shape index (κ3) is 8.83. The van der Waals surface area contributed by atoms with Crippen molar-refractivity contribution in [2.45, 2.75) is 50.4 Å². The summed E-state index contributed by atoms with van der Waals surface area (Å²) in [5, 5.41) is 12.3. The van der Waals surface area contributed by atoms with Gasteiger partial charge in [0, 0.05) is 6.42 Å². The van der Waals surface area contributed by atoms with E-state index in [0.29, 0.717) is 5.56 Å². The average Bonchev–Trinajstić information content (AvgIpc) is 2.70. The van der Waals surface area contributed by atoms with E-state index < -0.39 is 75.7 Å². The topological polar surface area (TPSA) is 111 Å². The Bertz CT molecular complexity index is 877. The van der Waals surface area contributed by atoms with Crippen molar-refractivity contribution in [3.63, 3.8) is 0 Å². The number of carbonyl (C=O) groups is 3. The fourth-order valence-electron chi connectivity index (χ4n) is 2.79. The van der Waals surface area contributed by atoms with Gasteiger partial charge in [-0.2, -0.15) is 26.3 Å². The first-order chi connectivity index (χ1) is 15.2. The van der Waals surface area contributed by atoms with Crippen molar-refractivity contribution in [2.75, 3.05) is 6.79 Å². The quantitative estimate of drug-likeness (QED) is 0.252. The van der Waals surface area contributed by atoms with Gasteiger partial charge in [0.1, 0.15) is 11.3 Å². The smallest absolute Gasteiger partial charge is 0.534 e. The number of nitrogens with one attached hydrogen (secondary N) is 1. The molecule has 2 N–H and O–H groups in total. The highest BCUT2D eigenvalue weighted by Gasteiger charge is 2.38. The fourth-order valence-corrected chi connectivity index (χ4v) is 2.79. The van der Waals surface area contributed by atoms with Gasteiger partial charge >= 0.3 is 31.4 Å². The zero-order valence-corrected chi connectivity index (χ0v) is 16.8. The Morgan fingerprint density at radius 1 is 1.06 bits per heavy atom. The number of esters is 2. The Balaban J connectivity index is 1.93. The van der Waals surface area contributed by atoms with E-state index in [4.69, 9.17) is 4.65 Å². The molecular formula is C18H18BF6NO7. The Kier molecular flexibility index (Phi) is 8.58. The van der Waals surface area contributed by atoms with Gasteiger partial charge in [0.25, 0.3) is 0 Å². The van der Waals surface area contributed by atoms with E-state index in [9.17, 15) is 45.8 Å². The fraction of sp³-hybridized carbons (Fsp3) is 0.500. The maximum absolute atomic E-state index is 12.2. The number of carbonyl (C=O) groups excluding carboxylic acids is 3. The van der Waals surface area contributed by atoms with Crippen molar-refractivity contribution in [1.29, 1.82) is 0 Å². The lowest BCUT2D eigenvalue weighted by molar-refractivity contribution is -0.163. The summed E-state index contributed by atoms with van der Waals surface area (Å²) in [7, 11) is -1.69. The second-order valence-electron chi connectivity index (χ2n) is 6.98. The molecule has 1 aromatic carbocycles. The highest BCUT2D eigenvalue weighted by atomic mass is 19.4. The van der Waals surface area contributed by atoms with Crippen LogP contribution in [0.25, 0.3) is 0 Å². The van der Waals surface area contributed by atoms with Gasteiger partial charge < -0.3 is 24.5 Å². The van der Waals surface area contributed by atoms with Gasteiger partial charge in [-0.15, -0.1) is 0 Å². The molecule has 1 atom stereocenters. The van der Waals surface area contributed by atoms with Crippen LogP contribution in [0.4, 0.5) is 26.3 Å². The largest absolute Gasteiger partial charge is 0.547 e. The molecule has 2 rings (SSSR count). The van der Waals surface area contributed by atoms with E-state index in [1.807, 2.05) is 0 Å². The minimum absolute atomic E-state index is 0.0815. The summed E-state index contributed by atoms with van der Waals surface area (Å²) in [5.74, 6) is -4.47. The van der Waals surface area contributed by atoms with Crippen LogP contribution in [0, 0.1) is 0 Å². The maximum atomic E-state index is 12.2. The van der Waals surface area contributed by atoms with Gasteiger partial charge in [0.05, 0.1) is 25.2 Å². The molecule has 0 unspecified atom stereocenters. The van der Waals surface area contributed by atoms with E-state index in [1.54, 1.807) is 0 Å². The first kappa shape index (κ1) is 26.3. The number of halogens is 6. The van der Waals surface area contributed by atoms with E-state index in [0.717, 1.165) is 0 Å². The van der Waals surface area contributed by atoms with Crippen molar-refractivity contribution < 1.29 is 59.9 Å². The van der Waals surface area contributed by atoms with Gasteiger partial charge in [-0.1, -0.05) is 12.1 Å². The molecule has 1 aliphatic heterocycles. The molecule has 0 fully saturated rings. The normalized spacial score (nSPS) is 15.8. The maximum Gasteiger partial charge on any atom is 0.547 e. The molecule has 0 saturated carbocycles. The predicted octanol–water partition coefficient (Wildman–Crippen LogP) is 2.47. The molecule has 1 aliphatic rings. The zero-order valence-electron chi connectivity index (χ0n) is 16.8. The van der Waals surface area contributed by atoms with Crippen LogP contribution in [0.1, 0.15) is 41.6 Å². The van der Waals surface area contributed by atoms with Crippen molar-refractivity contribution in [1.82, 2.24) is 5.32 Å². The summed E-state index contributed by atoms with van der Waals surface area (Å²) in [6, 6.07) is 4.11. The lowest BCUT2D eigenvalue weighted by Crippen LogP contribution is -2.53. The molecule has 15 heteroatoms. The van der Waals surface area contributed by atoms with Crippen LogP contribution in [-0.4, -0.2) is 55.1 Å². The van der Waals surface area contributed by atoms with Crippen LogP contribution in [-0.2, 0) is 25.5 Å². The van der Waals surface area contributed by atoms with Gasteiger partial charge in [-0.05, 0) is 18.1 Å². The Hall–Kier alpha value is -2.97. The second-order valence-corrected chi connectivity index (χ2v) is 6.98. The first-order valence-electron chi connectivity index (χ1n) is 9.47. The SMILES string of the molecule is O=C(CCC(F)(F)F)N[C@H]1Cc2cccc(C(=O)OCOC(=O)CCC(F)(F)F)c2OB1O. The van der Waals surface area contributed by atoms with Crippen LogP contribution in [0.15, 0.2) is 18.2 Å². The van der Waals surface area contributed by atoms with Crippen LogP contribution < -0.4 is 9.97 Å². The Morgan fingerprint density at radius 2 is 1.70 bits per heavy atom. The summed E-state index contributed by atoms with van der Waals surface area (Å²) >= 11 is 0. The van der Waals surface area contributed by atoms with Gasteiger partial charge in [-0.3, -0.25) is 9.59 Å². The number of ether oxygens (including phenoxy) is 2. The first-order valence-corrected chi connectivity index (χ1v) is 9.47. The summed E-state index contributed by atoms with van der Waals surface area (Å²) < 4.78 is 87.2. The van der Waals surface area contributed by atoms with Gasteiger partial charge in [0.15, 0.2) is 0 Å². The molecule has 8 nitrogen and oxygen atoms in total. The van der Waals surface area contributed by atoms with Gasteiger partial charge in [-0.25, -0.2) is 4.79 Å². The molecule has 0 aliphatic carbocycles. The number of hydrogen-bond donors (Lipinski definition) is 2. The van der Waals surface area contributed by atoms with E-state index in [2.05, 4.69) is 14.8 Å². The number of alkyl halides is 6. The van der Waals surface area contributed by atoms with Crippen molar-refractivity contribution in [2.24, 2.45) is 0 Å². The highest BCUT2D eigenvalue weighted by Crippen LogP contribution is 2.31. The molecule has 33 heavy (non-hydrogen) atoms. The lowest BCUT2D eigenvalue weighted by atomic mass is 9.72. The van der Waals surface area contributed by atoms with Crippen LogP contribution in [0.5, 0.6) is 5.75 Å². The molecule has 182 valence electrons. The highest BCUT2D eigenvalue weighted by molar-refractivity contribution is 6.47. The molecule has 0 aromatic heterocycles. The van der Waals surface area contributed by atoms with Crippen molar-refractivity contribution >= 4 is 25.0 Å². The number of amides is 1. The van der Waals surface area contributed by atoms with E-state index in [-0.39, 0.29) is 17.7 Å². The average molecular weight is 485 g/mol. The number of hydrogen-bond acceptors (Lipinski definition) is 7. The standard InChI is InChI=1S/C18H18BF6NO7/c20-17(21,22)6-4-13(27)26-12-8-10-2-1-3-11(15(10)33-19(12)30)16(29)32-9-31-14(28)5-7-18(23,24)25/h1-3,12,30H,4-9H2,(H,26,27)/t12-/m0/s1. The second kappa shape index (κ2) is 10.8. The number of rotatable bonds is 8. The summed E-state index contributed by atoms with van der Waals surface area (Å²) in [6.45, 7) is -0.959. The summed E-state index contributed by atoms with van der Waals surface area (Å²) in [4.78, 5) is 35.2. The molecule has 0 saturated heterocycles. The predicted molar refractivity (Wildman–Crippen MR) is 97.6 cm³/mol. The third-order valence-corrected chi connectivity index (χ3v) is 4.34. The number of benzene rings is 1. The van der Waals surface area contributed by atoms with Crippen LogP contribution >= 0.6 is 0 Å². The van der Waals surface area contributed by atoms with Crippen LogP contribution in [0.2, 0.25) is 0 Å². The molecular weight excluding hydrogens is 467 g/mol. The molecule has 1 amide bonds. The number of fused-ring (bicyclic) bond motifs is 1. The van der Waals surface area contributed by atoms with E-state index >= 15 is 0 Å². The van der Waals surface area contributed by atoms with Crippen LogP contribution in [0.3, 0.4) is 0 Å².